The minimum atomic E-state index is -0.678. The number of nitrogens with zero attached hydrogens (tertiary/aromatic N) is 4. The van der Waals surface area contributed by atoms with Gasteiger partial charge in [-0.2, -0.15) is 0 Å². The van der Waals surface area contributed by atoms with Crippen molar-refractivity contribution in [1.82, 2.24) is 15.2 Å². The lowest BCUT2D eigenvalue weighted by atomic mass is 10.2. The SMILES string of the molecule is COc1ccc(-c2nnc([C@@H](C)Oc3cccnc3[N+](=O)[O-])o2)cc1. The molecule has 9 heteroatoms. The molecule has 0 fully saturated rings. The van der Waals surface area contributed by atoms with Crippen molar-refractivity contribution in [3.63, 3.8) is 0 Å². The molecule has 0 N–H and O–H groups in total. The minimum Gasteiger partial charge on any atom is -0.497 e. The second-order valence-electron chi connectivity index (χ2n) is 5.02. The van der Waals surface area contributed by atoms with Crippen LogP contribution >= 0.6 is 0 Å². The summed E-state index contributed by atoms with van der Waals surface area (Å²) in [6, 6.07) is 10.1. The summed E-state index contributed by atoms with van der Waals surface area (Å²) in [6.45, 7) is 1.65. The zero-order valence-corrected chi connectivity index (χ0v) is 13.4. The Balaban J connectivity index is 1.79. The third-order valence-electron chi connectivity index (χ3n) is 3.35. The Bertz CT molecular complexity index is 878. The van der Waals surface area contributed by atoms with Crippen molar-refractivity contribution in [1.29, 1.82) is 0 Å². The summed E-state index contributed by atoms with van der Waals surface area (Å²) in [5.74, 6) is 0.885. The van der Waals surface area contributed by atoms with Crippen molar-refractivity contribution in [2.24, 2.45) is 0 Å². The Morgan fingerprint density at radius 3 is 2.64 bits per heavy atom. The molecule has 0 aliphatic heterocycles. The fourth-order valence-corrected chi connectivity index (χ4v) is 2.10. The van der Waals surface area contributed by atoms with Crippen LogP contribution in [0.3, 0.4) is 0 Å². The predicted octanol–water partition coefficient (Wildman–Crippen LogP) is 3.19. The lowest BCUT2D eigenvalue weighted by molar-refractivity contribution is -0.390. The molecule has 128 valence electrons. The first kappa shape index (κ1) is 16.4. The van der Waals surface area contributed by atoms with E-state index in [-0.39, 0.29) is 17.5 Å². The molecule has 3 rings (SSSR count). The van der Waals surface area contributed by atoms with Gasteiger partial charge in [0.05, 0.1) is 7.11 Å². The number of ether oxygens (including phenoxy) is 2. The number of hydrogen-bond donors (Lipinski definition) is 0. The summed E-state index contributed by atoms with van der Waals surface area (Å²) in [4.78, 5) is 14.1. The zero-order chi connectivity index (χ0) is 17.8. The first-order valence-electron chi connectivity index (χ1n) is 7.32. The number of rotatable bonds is 6. The molecule has 0 saturated heterocycles. The number of hydrogen-bond acceptors (Lipinski definition) is 8. The molecule has 25 heavy (non-hydrogen) atoms. The van der Waals surface area contributed by atoms with Crippen molar-refractivity contribution in [3.8, 4) is 23.0 Å². The fraction of sp³-hybridized carbons (Fsp3) is 0.188. The van der Waals surface area contributed by atoms with Gasteiger partial charge in [-0.05, 0) is 53.2 Å². The van der Waals surface area contributed by atoms with Crippen LogP contribution in [0.1, 0.15) is 18.9 Å². The van der Waals surface area contributed by atoms with E-state index in [2.05, 4.69) is 15.2 Å². The second kappa shape index (κ2) is 6.95. The summed E-state index contributed by atoms with van der Waals surface area (Å²) in [5.41, 5.74) is 0.721. The molecule has 1 aromatic carbocycles. The largest absolute Gasteiger partial charge is 0.497 e. The van der Waals surface area contributed by atoms with Gasteiger partial charge >= 0.3 is 5.82 Å². The van der Waals surface area contributed by atoms with Crippen LogP contribution < -0.4 is 9.47 Å². The smallest absolute Gasteiger partial charge is 0.406 e. The van der Waals surface area contributed by atoms with Crippen LogP contribution in [0.15, 0.2) is 47.0 Å². The van der Waals surface area contributed by atoms with E-state index >= 15 is 0 Å². The minimum absolute atomic E-state index is 0.0317. The predicted molar refractivity (Wildman–Crippen MR) is 86.2 cm³/mol. The van der Waals surface area contributed by atoms with Crippen LogP contribution in [-0.4, -0.2) is 27.2 Å². The van der Waals surface area contributed by atoms with Crippen molar-refractivity contribution in [2.45, 2.75) is 13.0 Å². The van der Waals surface area contributed by atoms with E-state index in [9.17, 15) is 10.1 Å². The summed E-state index contributed by atoms with van der Waals surface area (Å²) in [7, 11) is 1.58. The maximum absolute atomic E-state index is 11.0. The summed E-state index contributed by atoms with van der Waals surface area (Å²) < 4.78 is 16.3. The van der Waals surface area contributed by atoms with Gasteiger partial charge in [-0.15, -0.1) is 10.2 Å². The maximum Gasteiger partial charge on any atom is 0.406 e. The molecular formula is C16H14N4O5. The van der Waals surface area contributed by atoms with Crippen molar-refractivity contribution in [2.75, 3.05) is 7.11 Å². The van der Waals surface area contributed by atoms with Crippen LogP contribution in [0.25, 0.3) is 11.5 Å². The fourth-order valence-electron chi connectivity index (χ4n) is 2.10. The van der Waals surface area contributed by atoms with Crippen LogP contribution in [0, 0.1) is 10.1 Å². The molecule has 0 unspecified atom stereocenters. The third-order valence-corrected chi connectivity index (χ3v) is 3.35. The topological polar surface area (TPSA) is 113 Å². The Hall–Kier alpha value is -3.49. The molecule has 0 radical (unpaired) electrons. The Morgan fingerprint density at radius 1 is 1.20 bits per heavy atom. The molecule has 2 aromatic heterocycles. The molecule has 9 nitrogen and oxygen atoms in total. The van der Waals surface area contributed by atoms with Crippen molar-refractivity contribution >= 4 is 5.82 Å². The van der Waals surface area contributed by atoms with Gasteiger partial charge in [-0.25, -0.2) is 0 Å². The Kier molecular flexibility index (Phi) is 4.55. The van der Waals surface area contributed by atoms with E-state index in [0.717, 1.165) is 5.56 Å². The van der Waals surface area contributed by atoms with Gasteiger partial charge < -0.3 is 24.0 Å². The number of methoxy groups -OCH3 is 1. The molecule has 0 spiro atoms. The number of pyridine rings is 1. The zero-order valence-electron chi connectivity index (χ0n) is 13.4. The van der Waals surface area contributed by atoms with Gasteiger partial charge in [0.1, 0.15) is 11.9 Å². The molecule has 0 aliphatic rings. The van der Waals surface area contributed by atoms with Crippen LogP contribution in [-0.2, 0) is 0 Å². The number of nitro groups is 1. The highest BCUT2D eigenvalue weighted by atomic mass is 16.6. The lowest BCUT2D eigenvalue weighted by Gasteiger charge is -2.10. The van der Waals surface area contributed by atoms with Crippen molar-refractivity contribution < 1.29 is 18.8 Å². The highest BCUT2D eigenvalue weighted by Gasteiger charge is 2.22. The van der Waals surface area contributed by atoms with Crippen LogP contribution in [0.2, 0.25) is 0 Å². The van der Waals surface area contributed by atoms with Gasteiger partial charge in [0.15, 0.2) is 6.10 Å². The van der Waals surface area contributed by atoms with E-state index in [4.69, 9.17) is 13.9 Å². The van der Waals surface area contributed by atoms with Gasteiger partial charge in [-0.1, -0.05) is 0 Å². The Labute approximate surface area is 142 Å². The first-order chi connectivity index (χ1) is 12.1. The van der Waals surface area contributed by atoms with E-state index in [1.165, 1.54) is 12.3 Å². The highest BCUT2D eigenvalue weighted by Crippen LogP contribution is 2.29. The molecule has 0 saturated carbocycles. The molecule has 0 aliphatic carbocycles. The van der Waals surface area contributed by atoms with Crippen molar-refractivity contribution in [3.05, 3.63) is 58.6 Å². The van der Waals surface area contributed by atoms with E-state index < -0.39 is 11.0 Å². The average molecular weight is 342 g/mol. The first-order valence-corrected chi connectivity index (χ1v) is 7.32. The van der Waals surface area contributed by atoms with E-state index in [0.29, 0.717) is 11.6 Å². The standard InChI is InChI=1S/C16H14N4O5/c1-10(24-13-4-3-9-17-14(13)20(21)22)15-18-19-16(25-15)11-5-7-12(23-2)8-6-11/h3-10H,1-2H3/t10-/m1/s1. The highest BCUT2D eigenvalue weighted by molar-refractivity contribution is 5.54. The summed E-state index contributed by atoms with van der Waals surface area (Å²) in [6.07, 6.45) is 0.645. The number of aromatic nitrogens is 3. The average Bonchev–Trinajstić information content (AvgIpc) is 3.12. The summed E-state index contributed by atoms with van der Waals surface area (Å²) in [5, 5.41) is 18.9. The monoisotopic (exact) mass is 342 g/mol. The molecule has 3 aromatic rings. The van der Waals surface area contributed by atoms with Gasteiger partial charge in [0.25, 0.3) is 5.89 Å². The van der Waals surface area contributed by atoms with E-state index in [1.54, 1.807) is 44.4 Å². The number of benzene rings is 1. The lowest BCUT2D eigenvalue weighted by Crippen LogP contribution is -2.06. The normalized spacial score (nSPS) is 11.8. The quantitative estimate of drug-likeness (QED) is 0.495. The molecule has 0 amide bonds. The molecule has 1 atom stereocenters. The molecule has 2 heterocycles. The van der Waals surface area contributed by atoms with Gasteiger partial charge in [0.2, 0.25) is 11.6 Å². The Morgan fingerprint density at radius 2 is 1.96 bits per heavy atom. The van der Waals surface area contributed by atoms with E-state index in [1.807, 2.05) is 0 Å². The maximum atomic E-state index is 11.0. The van der Waals surface area contributed by atoms with Crippen LogP contribution in [0.4, 0.5) is 5.82 Å². The van der Waals surface area contributed by atoms with Gasteiger partial charge in [-0.3, -0.25) is 0 Å². The summed E-state index contributed by atoms with van der Waals surface area (Å²) >= 11 is 0. The third kappa shape index (κ3) is 3.55. The molecule has 0 bridgehead atoms. The second-order valence-corrected chi connectivity index (χ2v) is 5.02. The molecular weight excluding hydrogens is 328 g/mol. The van der Waals surface area contributed by atoms with Gasteiger partial charge in [0, 0.05) is 5.56 Å². The van der Waals surface area contributed by atoms with Crippen LogP contribution in [0.5, 0.6) is 11.5 Å².